The van der Waals surface area contributed by atoms with Crippen molar-refractivity contribution < 1.29 is 38.5 Å². The zero-order chi connectivity index (χ0) is 23.0. The SMILES string of the molecule is COC(=O)CC[C@@H]1OC(=O)N2c3cc(F)c(C4=CCN(C(=O)C(O)CO)CC4)cc3C[C@@H]12. The Kier molecular flexibility index (Phi) is 6.16. The molecule has 0 bridgehead atoms. The summed E-state index contributed by atoms with van der Waals surface area (Å²) in [5, 5.41) is 18.5. The van der Waals surface area contributed by atoms with E-state index in [2.05, 4.69) is 4.74 Å². The number of carbonyl (C=O) groups is 3. The summed E-state index contributed by atoms with van der Waals surface area (Å²) >= 11 is 0. The molecular weight excluding hydrogens is 423 g/mol. The Labute approximate surface area is 184 Å². The van der Waals surface area contributed by atoms with Crippen LogP contribution in [0.5, 0.6) is 0 Å². The highest BCUT2D eigenvalue weighted by Crippen LogP contribution is 2.42. The van der Waals surface area contributed by atoms with Gasteiger partial charge in [-0.1, -0.05) is 6.08 Å². The first-order valence-corrected chi connectivity index (χ1v) is 10.5. The molecule has 3 aliphatic heterocycles. The second kappa shape index (κ2) is 8.87. The second-order valence-corrected chi connectivity index (χ2v) is 8.10. The van der Waals surface area contributed by atoms with E-state index < -0.39 is 36.6 Å². The van der Waals surface area contributed by atoms with Crippen molar-refractivity contribution in [2.45, 2.75) is 43.9 Å². The topological polar surface area (TPSA) is 117 Å². The van der Waals surface area contributed by atoms with E-state index in [1.807, 2.05) is 0 Å². The summed E-state index contributed by atoms with van der Waals surface area (Å²) in [5.74, 6) is -1.42. The molecule has 1 aromatic rings. The number of aliphatic hydroxyl groups excluding tert-OH is 2. The summed E-state index contributed by atoms with van der Waals surface area (Å²) < 4.78 is 25.1. The zero-order valence-electron chi connectivity index (χ0n) is 17.6. The molecule has 2 amide bonds. The number of fused-ring (bicyclic) bond motifs is 3. The van der Waals surface area contributed by atoms with Crippen LogP contribution in [0.3, 0.4) is 0 Å². The maximum atomic E-state index is 15.0. The number of hydrogen-bond donors (Lipinski definition) is 2. The van der Waals surface area contributed by atoms with Crippen LogP contribution in [0.4, 0.5) is 14.9 Å². The van der Waals surface area contributed by atoms with E-state index in [4.69, 9.17) is 9.84 Å². The number of cyclic esters (lactones) is 1. The number of aliphatic hydroxyl groups is 2. The molecule has 1 unspecified atom stereocenters. The fourth-order valence-electron chi connectivity index (χ4n) is 4.55. The first-order valence-electron chi connectivity index (χ1n) is 10.5. The number of carbonyl (C=O) groups excluding carboxylic acids is 3. The van der Waals surface area contributed by atoms with E-state index in [-0.39, 0.29) is 25.0 Å². The van der Waals surface area contributed by atoms with Gasteiger partial charge in [0.25, 0.3) is 5.91 Å². The van der Waals surface area contributed by atoms with E-state index >= 15 is 4.39 Å². The van der Waals surface area contributed by atoms with Gasteiger partial charge in [0.05, 0.1) is 25.4 Å². The van der Waals surface area contributed by atoms with E-state index in [0.717, 1.165) is 11.1 Å². The third-order valence-corrected chi connectivity index (χ3v) is 6.25. The summed E-state index contributed by atoms with van der Waals surface area (Å²) in [6.45, 7) is -0.139. The van der Waals surface area contributed by atoms with Gasteiger partial charge >= 0.3 is 12.1 Å². The van der Waals surface area contributed by atoms with E-state index in [1.54, 1.807) is 12.1 Å². The van der Waals surface area contributed by atoms with E-state index in [1.165, 1.54) is 23.0 Å². The largest absolute Gasteiger partial charge is 0.469 e. The Hall–Kier alpha value is -2.98. The molecule has 1 fully saturated rings. The van der Waals surface area contributed by atoms with E-state index in [0.29, 0.717) is 37.1 Å². The molecule has 0 aliphatic carbocycles. The Bertz CT molecular complexity index is 979. The third kappa shape index (κ3) is 3.95. The number of rotatable bonds is 6. The van der Waals surface area contributed by atoms with Crippen molar-refractivity contribution in [2.75, 3.05) is 31.7 Å². The van der Waals surface area contributed by atoms with Crippen LogP contribution in [0, 0.1) is 5.82 Å². The molecule has 3 atom stereocenters. The molecule has 3 heterocycles. The van der Waals surface area contributed by atoms with Gasteiger partial charge in [-0.05, 0) is 42.5 Å². The summed E-state index contributed by atoms with van der Waals surface area (Å²) in [5.41, 5.74) is 2.45. The Morgan fingerprint density at radius 1 is 1.38 bits per heavy atom. The van der Waals surface area contributed by atoms with Crippen LogP contribution in [0.15, 0.2) is 18.2 Å². The molecule has 4 rings (SSSR count). The van der Waals surface area contributed by atoms with Gasteiger partial charge in [0.15, 0.2) is 6.10 Å². The predicted octanol–water partition coefficient (Wildman–Crippen LogP) is 0.998. The minimum atomic E-state index is -1.46. The van der Waals surface area contributed by atoms with Crippen LogP contribution in [0.25, 0.3) is 5.57 Å². The number of amides is 2. The van der Waals surface area contributed by atoms with Gasteiger partial charge in [-0.3, -0.25) is 14.5 Å². The summed E-state index contributed by atoms with van der Waals surface area (Å²) in [7, 11) is 1.30. The summed E-state index contributed by atoms with van der Waals surface area (Å²) in [4.78, 5) is 38.7. The molecule has 0 spiro atoms. The maximum Gasteiger partial charge on any atom is 0.415 e. The Morgan fingerprint density at radius 3 is 2.81 bits per heavy atom. The highest BCUT2D eigenvalue weighted by Gasteiger charge is 2.47. The molecule has 2 N–H and O–H groups in total. The maximum absolute atomic E-state index is 15.0. The van der Waals surface area contributed by atoms with Crippen molar-refractivity contribution in [3.05, 3.63) is 35.2 Å². The fourth-order valence-corrected chi connectivity index (χ4v) is 4.55. The van der Waals surface area contributed by atoms with E-state index in [9.17, 15) is 19.5 Å². The van der Waals surface area contributed by atoms with Crippen LogP contribution >= 0.6 is 0 Å². The molecule has 9 nitrogen and oxygen atoms in total. The fraction of sp³-hybridized carbons (Fsp3) is 0.500. The second-order valence-electron chi connectivity index (χ2n) is 8.10. The number of anilines is 1. The van der Waals surface area contributed by atoms with Crippen molar-refractivity contribution in [1.82, 2.24) is 4.90 Å². The van der Waals surface area contributed by atoms with Crippen molar-refractivity contribution in [3.63, 3.8) is 0 Å². The normalized spacial score (nSPS) is 22.8. The molecule has 0 aromatic heterocycles. The standard InChI is InChI=1S/C22H25FN2O7/c1-31-20(28)3-2-19-17-9-13-8-14(15(23)10-16(13)25(17)22(30)32-19)12-4-6-24(7-5-12)21(29)18(27)11-26/h4,8,10,17-19,26-27H,2-3,5-7,9,11H2,1H3/t17-,18?,19-/m0/s1. The monoisotopic (exact) mass is 448 g/mol. The zero-order valence-corrected chi connectivity index (χ0v) is 17.6. The van der Waals surface area contributed by atoms with Gasteiger partial charge in [-0.2, -0.15) is 0 Å². The smallest absolute Gasteiger partial charge is 0.415 e. The first-order chi connectivity index (χ1) is 15.3. The van der Waals surface area contributed by atoms with Crippen molar-refractivity contribution in [3.8, 4) is 0 Å². The molecule has 10 heteroatoms. The lowest BCUT2D eigenvalue weighted by Gasteiger charge is -2.28. The third-order valence-electron chi connectivity index (χ3n) is 6.25. The lowest BCUT2D eigenvalue weighted by atomic mass is 9.95. The number of esters is 1. The summed E-state index contributed by atoms with van der Waals surface area (Å²) in [6, 6.07) is 2.77. The number of halogens is 1. The Balaban J connectivity index is 1.51. The molecule has 32 heavy (non-hydrogen) atoms. The molecular formula is C22H25FN2O7. The van der Waals surface area contributed by atoms with Crippen LogP contribution in [0.1, 0.15) is 30.4 Å². The average molecular weight is 448 g/mol. The molecule has 0 radical (unpaired) electrons. The van der Waals surface area contributed by atoms with Gasteiger partial charge in [-0.25, -0.2) is 9.18 Å². The van der Waals surface area contributed by atoms with Gasteiger partial charge < -0.3 is 24.6 Å². The highest BCUT2D eigenvalue weighted by atomic mass is 19.1. The number of methoxy groups -OCH3 is 1. The molecule has 1 aromatic carbocycles. The molecule has 1 saturated heterocycles. The van der Waals surface area contributed by atoms with Crippen molar-refractivity contribution in [1.29, 1.82) is 0 Å². The number of ether oxygens (including phenoxy) is 2. The molecule has 0 saturated carbocycles. The average Bonchev–Trinajstić information content (AvgIpc) is 3.32. The van der Waals surface area contributed by atoms with Crippen LogP contribution in [0.2, 0.25) is 0 Å². The van der Waals surface area contributed by atoms with Crippen molar-refractivity contribution in [2.24, 2.45) is 0 Å². The van der Waals surface area contributed by atoms with Gasteiger partial charge in [0.1, 0.15) is 11.9 Å². The van der Waals surface area contributed by atoms with Gasteiger partial charge in [0, 0.05) is 25.1 Å². The lowest BCUT2D eigenvalue weighted by Crippen LogP contribution is -2.42. The number of hydrogen-bond acceptors (Lipinski definition) is 7. The lowest BCUT2D eigenvalue weighted by molar-refractivity contribution is -0.142. The Morgan fingerprint density at radius 2 is 2.16 bits per heavy atom. The summed E-state index contributed by atoms with van der Waals surface area (Å²) in [6.07, 6.45) is 0.592. The number of benzene rings is 1. The first kappa shape index (κ1) is 22.2. The molecule has 172 valence electrons. The number of nitrogens with zero attached hydrogens (tertiary/aromatic N) is 2. The minimum Gasteiger partial charge on any atom is -0.469 e. The van der Waals surface area contributed by atoms with Crippen molar-refractivity contribution >= 4 is 29.2 Å². The highest BCUT2D eigenvalue weighted by molar-refractivity contribution is 5.94. The van der Waals surface area contributed by atoms with Gasteiger partial charge in [0.2, 0.25) is 0 Å². The minimum absolute atomic E-state index is 0.127. The van der Waals surface area contributed by atoms with Crippen LogP contribution < -0.4 is 4.90 Å². The quantitative estimate of drug-likeness (QED) is 0.624. The van der Waals surface area contributed by atoms with Gasteiger partial charge in [-0.15, -0.1) is 0 Å². The van der Waals surface area contributed by atoms with Crippen LogP contribution in [-0.4, -0.2) is 78.1 Å². The molecule has 3 aliphatic rings. The predicted molar refractivity (Wildman–Crippen MR) is 110 cm³/mol. The van der Waals surface area contributed by atoms with Crippen LogP contribution in [-0.2, 0) is 25.5 Å².